The summed E-state index contributed by atoms with van der Waals surface area (Å²) in [5.74, 6) is -0.0327. The molecule has 4 N–H and O–H groups in total. The summed E-state index contributed by atoms with van der Waals surface area (Å²) in [5.41, 5.74) is 8.39. The summed E-state index contributed by atoms with van der Waals surface area (Å²) in [7, 11) is -4.61. The normalized spacial score (nSPS) is 12.5. The van der Waals surface area contributed by atoms with E-state index in [9.17, 15) is 4.57 Å². The molecule has 0 unspecified atom stereocenters. The van der Waals surface area contributed by atoms with Crippen LogP contribution in [-0.4, -0.2) is 9.79 Å². The number of phosphoric acid groups is 1. The van der Waals surface area contributed by atoms with Gasteiger partial charge in [0.15, 0.2) is 5.76 Å². The van der Waals surface area contributed by atoms with Crippen LogP contribution in [0.4, 0.5) is 11.4 Å². The van der Waals surface area contributed by atoms with Gasteiger partial charge in [0.05, 0.1) is 22.5 Å². The van der Waals surface area contributed by atoms with E-state index in [0.717, 1.165) is 5.69 Å². The Hall–Kier alpha value is -1.50. The number of rotatable bonds is 2. The van der Waals surface area contributed by atoms with Crippen LogP contribution in [0.3, 0.4) is 0 Å². The Kier molecular flexibility index (Phi) is 5.96. The molecule has 6 nitrogen and oxygen atoms in total. The number of aryl methyl sites for hydroxylation is 1. The third kappa shape index (κ3) is 5.00. The summed E-state index contributed by atoms with van der Waals surface area (Å²) >= 11 is 9.19. The molecule has 0 spiro atoms. The lowest BCUT2D eigenvalue weighted by Gasteiger charge is -2.10. The minimum Gasteiger partial charge on any atom is -0.402 e. The molecule has 0 atom stereocenters. The quantitative estimate of drug-likeness (QED) is 0.483. The van der Waals surface area contributed by atoms with Gasteiger partial charge in [0, 0.05) is 10.2 Å². The SMILES string of the molecule is Cc1ccc(N)cc1.O=P(O)(O)OC1=C[N]c2ccc(Br)c(Cl)c21. The van der Waals surface area contributed by atoms with Crippen molar-refractivity contribution < 1.29 is 18.9 Å². The zero-order valence-corrected chi connectivity index (χ0v) is 15.7. The molecule has 0 aliphatic carbocycles. The number of anilines is 1. The summed E-state index contributed by atoms with van der Waals surface area (Å²) in [5, 5.41) is 4.24. The van der Waals surface area contributed by atoms with Gasteiger partial charge < -0.3 is 10.3 Å². The number of benzene rings is 2. The van der Waals surface area contributed by atoms with Crippen molar-refractivity contribution in [1.82, 2.24) is 5.32 Å². The first-order valence-electron chi connectivity index (χ1n) is 6.64. The highest BCUT2D eigenvalue weighted by Crippen LogP contribution is 2.48. The fraction of sp³-hybridized carbons (Fsp3) is 0.0667. The smallest absolute Gasteiger partial charge is 0.402 e. The van der Waals surface area contributed by atoms with Gasteiger partial charge in [-0.2, -0.15) is 0 Å². The predicted molar refractivity (Wildman–Crippen MR) is 97.6 cm³/mol. The van der Waals surface area contributed by atoms with Crippen molar-refractivity contribution in [2.75, 3.05) is 5.73 Å². The van der Waals surface area contributed by atoms with Crippen molar-refractivity contribution in [1.29, 1.82) is 0 Å². The van der Waals surface area contributed by atoms with E-state index >= 15 is 0 Å². The van der Waals surface area contributed by atoms with Gasteiger partial charge >= 0.3 is 7.82 Å². The molecule has 9 heteroatoms. The summed E-state index contributed by atoms with van der Waals surface area (Å²) in [4.78, 5) is 17.4. The molecule has 127 valence electrons. The third-order valence-electron chi connectivity index (χ3n) is 2.93. The van der Waals surface area contributed by atoms with E-state index in [-0.39, 0.29) is 5.76 Å². The third-order valence-corrected chi connectivity index (χ3v) is 4.65. The van der Waals surface area contributed by atoms with Crippen LogP contribution in [0.1, 0.15) is 11.1 Å². The molecule has 24 heavy (non-hydrogen) atoms. The van der Waals surface area contributed by atoms with Gasteiger partial charge in [-0.15, -0.1) is 0 Å². The molecule has 1 aliphatic rings. The minimum absolute atomic E-state index is 0.0327. The molecule has 0 amide bonds. The molecule has 0 aromatic heterocycles. The monoisotopic (exact) mass is 431 g/mol. The van der Waals surface area contributed by atoms with Gasteiger partial charge in [-0.05, 0) is 47.1 Å². The Bertz CT molecular complexity index is 800. The van der Waals surface area contributed by atoms with Crippen molar-refractivity contribution in [3.8, 4) is 0 Å². The molecule has 0 bridgehead atoms. The average Bonchev–Trinajstić information content (AvgIpc) is 2.88. The number of hydrogen-bond acceptors (Lipinski definition) is 3. The standard InChI is InChI=1S/C8H5BrClNO4P.C7H9N/c9-4-1-2-5-7(8(4)10)6(3-11-5)15-16(12,13)14;1-6-2-4-7(8)5-3-6/h1-3H,(H2,12,13,14);2-5H,8H2,1H3. The first-order chi connectivity index (χ1) is 11.2. The molecule has 0 fully saturated rings. The van der Waals surface area contributed by atoms with Crippen LogP contribution in [0, 0.1) is 6.92 Å². The molecule has 1 aliphatic heterocycles. The zero-order valence-electron chi connectivity index (χ0n) is 12.5. The molecule has 0 saturated carbocycles. The van der Waals surface area contributed by atoms with Crippen LogP contribution >= 0.6 is 35.4 Å². The molecule has 2 aromatic rings. The van der Waals surface area contributed by atoms with E-state index in [2.05, 4.69) is 25.8 Å². The summed E-state index contributed by atoms with van der Waals surface area (Å²) < 4.78 is 15.8. The molecule has 1 radical (unpaired) electrons. The Morgan fingerprint density at radius 1 is 1.21 bits per heavy atom. The molecule has 2 aromatic carbocycles. The lowest BCUT2D eigenvalue weighted by molar-refractivity contribution is 0.269. The van der Waals surface area contributed by atoms with Crippen LogP contribution in [0.15, 0.2) is 47.1 Å². The van der Waals surface area contributed by atoms with Crippen molar-refractivity contribution >= 4 is 52.5 Å². The zero-order chi connectivity index (χ0) is 17.9. The van der Waals surface area contributed by atoms with Gasteiger partial charge in [-0.25, -0.2) is 4.57 Å². The van der Waals surface area contributed by atoms with E-state index in [1.165, 1.54) is 11.8 Å². The van der Waals surface area contributed by atoms with Crippen LogP contribution < -0.4 is 11.1 Å². The maximum Gasteiger partial charge on any atom is 0.524 e. The molecule has 3 rings (SSSR count). The topological polar surface area (TPSA) is 107 Å². The van der Waals surface area contributed by atoms with Gasteiger partial charge in [-0.1, -0.05) is 29.3 Å². The van der Waals surface area contributed by atoms with E-state index < -0.39 is 7.82 Å². The summed E-state index contributed by atoms with van der Waals surface area (Å²) in [6.07, 6.45) is 1.22. The van der Waals surface area contributed by atoms with Crippen LogP contribution in [0.2, 0.25) is 5.02 Å². The van der Waals surface area contributed by atoms with Gasteiger partial charge in [0.2, 0.25) is 0 Å². The Morgan fingerprint density at radius 2 is 1.83 bits per heavy atom. The highest BCUT2D eigenvalue weighted by Gasteiger charge is 2.27. The number of hydrogen-bond donors (Lipinski definition) is 3. The maximum absolute atomic E-state index is 10.7. The Morgan fingerprint density at radius 3 is 2.38 bits per heavy atom. The largest absolute Gasteiger partial charge is 0.524 e. The highest BCUT2D eigenvalue weighted by atomic mass is 79.9. The van der Waals surface area contributed by atoms with Gasteiger partial charge in [-0.3, -0.25) is 15.1 Å². The molecular formula is C15H14BrClN2O4P. The van der Waals surface area contributed by atoms with E-state index in [0.29, 0.717) is 20.7 Å². The predicted octanol–water partition coefficient (Wildman–Crippen LogP) is 4.34. The summed E-state index contributed by atoms with van der Waals surface area (Å²) in [6, 6.07) is 11.1. The number of nitrogens with zero attached hydrogens (tertiary/aromatic N) is 1. The summed E-state index contributed by atoms with van der Waals surface area (Å²) in [6.45, 7) is 2.04. The number of nitrogen functional groups attached to an aromatic ring is 1. The first-order valence-corrected chi connectivity index (χ1v) is 9.34. The van der Waals surface area contributed by atoms with Gasteiger partial charge in [0.1, 0.15) is 0 Å². The van der Waals surface area contributed by atoms with E-state index in [1.807, 2.05) is 31.2 Å². The lowest BCUT2D eigenvalue weighted by atomic mass is 10.2. The Labute approximate surface area is 152 Å². The lowest BCUT2D eigenvalue weighted by Crippen LogP contribution is -1.89. The molecule has 0 saturated heterocycles. The fourth-order valence-corrected chi connectivity index (χ4v) is 2.82. The fourth-order valence-electron chi connectivity index (χ4n) is 1.84. The number of fused-ring (bicyclic) bond motifs is 1. The van der Waals surface area contributed by atoms with Gasteiger partial charge in [0.25, 0.3) is 0 Å². The second-order valence-corrected chi connectivity index (χ2v) is 7.27. The second kappa shape index (κ2) is 7.59. The number of nitrogens with two attached hydrogens (primary N) is 1. The van der Waals surface area contributed by atoms with Crippen molar-refractivity contribution in [3.05, 3.63) is 63.2 Å². The van der Waals surface area contributed by atoms with Crippen molar-refractivity contribution in [2.24, 2.45) is 0 Å². The molecular weight excluding hydrogens is 419 g/mol. The Balaban J connectivity index is 0.000000219. The highest BCUT2D eigenvalue weighted by molar-refractivity contribution is 9.10. The van der Waals surface area contributed by atoms with Crippen molar-refractivity contribution in [2.45, 2.75) is 6.92 Å². The van der Waals surface area contributed by atoms with E-state index in [4.69, 9.17) is 27.1 Å². The number of phosphoric ester groups is 1. The average molecular weight is 433 g/mol. The van der Waals surface area contributed by atoms with Crippen LogP contribution in [0.5, 0.6) is 0 Å². The van der Waals surface area contributed by atoms with Crippen molar-refractivity contribution in [3.63, 3.8) is 0 Å². The maximum atomic E-state index is 10.7. The number of halogens is 2. The van der Waals surface area contributed by atoms with Crippen LogP contribution in [-0.2, 0) is 9.09 Å². The van der Waals surface area contributed by atoms with E-state index in [1.54, 1.807) is 12.1 Å². The molecule has 1 heterocycles. The van der Waals surface area contributed by atoms with Crippen LogP contribution in [0.25, 0.3) is 5.76 Å². The minimum atomic E-state index is -4.61. The first kappa shape index (κ1) is 18.8. The second-order valence-electron chi connectivity index (χ2n) is 4.87.